The van der Waals surface area contributed by atoms with Crippen LogP contribution >= 0.6 is 0 Å². The zero-order chi connectivity index (χ0) is 27.9. The van der Waals surface area contributed by atoms with Crippen molar-refractivity contribution in [3.8, 4) is 11.5 Å². The second kappa shape index (κ2) is 15.8. The third-order valence-corrected chi connectivity index (χ3v) is 5.51. The molecule has 0 radical (unpaired) electrons. The normalized spacial score (nSPS) is 10.3. The molecule has 38 heavy (non-hydrogen) atoms. The van der Waals surface area contributed by atoms with Gasteiger partial charge in [-0.15, -0.1) is 0 Å². The van der Waals surface area contributed by atoms with Crippen molar-refractivity contribution >= 4 is 23.5 Å². The number of rotatable bonds is 17. The molecule has 0 atom stereocenters. The predicted octanol–water partition coefficient (Wildman–Crippen LogP) is 5.31. The molecule has 8 nitrogen and oxygen atoms in total. The third-order valence-electron chi connectivity index (χ3n) is 5.51. The van der Waals surface area contributed by atoms with Crippen molar-refractivity contribution in [1.29, 1.82) is 0 Å². The van der Waals surface area contributed by atoms with E-state index in [0.29, 0.717) is 59.5 Å². The standard InChI is InChI=1S/C30H34O8/c1-5-21(3)29(33)23-9-13-25(14-10-23)37-19-27(31)35-17-7-8-18-36-28(32)20-38-26-15-11-24(12-16-26)30(34)22(4)6-2/h9-16H,3-8,17-20H2,1-2H3. The van der Waals surface area contributed by atoms with Gasteiger partial charge in [0, 0.05) is 11.1 Å². The average molecular weight is 523 g/mol. The SMILES string of the molecule is C=C(CC)C(=O)c1ccc(OCC(=O)OCCCCOC(=O)COc2ccc(C(=O)C(=C)CC)cc2)cc1. The summed E-state index contributed by atoms with van der Waals surface area (Å²) < 4.78 is 21.0. The Morgan fingerprint density at radius 1 is 0.605 bits per heavy atom. The van der Waals surface area contributed by atoms with Crippen molar-refractivity contribution in [3.05, 3.63) is 84.0 Å². The number of ether oxygens (including phenoxy) is 4. The van der Waals surface area contributed by atoms with Gasteiger partial charge in [0.15, 0.2) is 24.8 Å². The molecule has 0 spiro atoms. The van der Waals surface area contributed by atoms with Crippen molar-refractivity contribution in [3.63, 3.8) is 0 Å². The molecule has 2 rings (SSSR count). The Balaban J connectivity index is 1.55. The van der Waals surface area contributed by atoms with Gasteiger partial charge < -0.3 is 18.9 Å². The lowest BCUT2D eigenvalue weighted by Gasteiger charge is -2.09. The third kappa shape index (κ3) is 10.0. The molecule has 2 aromatic rings. The van der Waals surface area contributed by atoms with Gasteiger partial charge in [0.1, 0.15) is 11.5 Å². The molecule has 202 valence electrons. The van der Waals surface area contributed by atoms with E-state index in [1.807, 2.05) is 13.8 Å². The van der Waals surface area contributed by atoms with Crippen LogP contribution in [0.1, 0.15) is 60.2 Å². The van der Waals surface area contributed by atoms with Gasteiger partial charge >= 0.3 is 11.9 Å². The summed E-state index contributed by atoms with van der Waals surface area (Å²) in [7, 11) is 0. The van der Waals surface area contributed by atoms with Crippen molar-refractivity contribution in [1.82, 2.24) is 0 Å². The van der Waals surface area contributed by atoms with Gasteiger partial charge in [-0.3, -0.25) is 9.59 Å². The number of benzene rings is 2. The molecule has 0 aliphatic rings. The van der Waals surface area contributed by atoms with E-state index in [4.69, 9.17) is 18.9 Å². The summed E-state index contributed by atoms with van der Waals surface area (Å²) >= 11 is 0. The van der Waals surface area contributed by atoms with E-state index in [0.717, 1.165) is 0 Å². The number of hydrogen-bond acceptors (Lipinski definition) is 8. The number of Topliss-reactive ketones (excluding diaryl/α,β-unsaturated/α-hetero) is 2. The fraction of sp³-hybridized carbons (Fsp3) is 0.333. The van der Waals surface area contributed by atoms with Crippen LogP contribution in [0.3, 0.4) is 0 Å². The van der Waals surface area contributed by atoms with E-state index >= 15 is 0 Å². The lowest BCUT2D eigenvalue weighted by atomic mass is 10.0. The summed E-state index contributed by atoms with van der Waals surface area (Å²) in [6.45, 7) is 11.0. The first-order valence-electron chi connectivity index (χ1n) is 12.5. The van der Waals surface area contributed by atoms with Crippen molar-refractivity contribution in [2.45, 2.75) is 39.5 Å². The van der Waals surface area contributed by atoms with Gasteiger partial charge in [-0.1, -0.05) is 27.0 Å². The first-order valence-corrected chi connectivity index (χ1v) is 12.5. The van der Waals surface area contributed by atoms with Gasteiger partial charge in [-0.2, -0.15) is 0 Å². The highest BCUT2D eigenvalue weighted by molar-refractivity contribution is 6.08. The fourth-order valence-corrected chi connectivity index (χ4v) is 3.08. The van der Waals surface area contributed by atoms with Crippen molar-refractivity contribution < 1.29 is 38.1 Å². The van der Waals surface area contributed by atoms with Crippen molar-refractivity contribution in [2.24, 2.45) is 0 Å². The van der Waals surface area contributed by atoms with Crippen LogP contribution in [0.5, 0.6) is 11.5 Å². The Labute approximate surface area is 223 Å². The summed E-state index contributed by atoms with van der Waals surface area (Å²) in [6, 6.07) is 13.0. The topological polar surface area (TPSA) is 105 Å². The molecule has 0 saturated heterocycles. The number of carbonyl (C=O) groups is 4. The zero-order valence-corrected chi connectivity index (χ0v) is 22.0. The maximum atomic E-state index is 12.1. The smallest absolute Gasteiger partial charge is 0.344 e. The molecule has 0 N–H and O–H groups in total. The van der Waals surface area contributed by atoms with E-state index < -0.39 is 11.9 Å². The molecule has 0 bridgehead atoms. The van der Waals surface area contributed by atoms with Crippen LogP contribution in [0.25, 0.3) is 0 Å². The first kappa shape index (κ1) is 30.0. The highest BCUT2D eigenvalue weighted by Crippen LogP contribution is 2.17. The monoisotopic (exact) mass is 522 g/mol. The number of esters is 2. The molecule has 8 heteroatoms. The maximum Gasteiger partial charge on any atom is 0.344 e. The Morgan fingerprint density at radius 3 is 1.26 bits per heavy atom. The number of unbranched alkanes of at least 4 members (excludes halogenated alkanes) is 1. The minimum atomic E-state index is -0.526. The van der Waals surface area contributed by atoms with Crippen LogP contribution in [-0.2, 0) is 19.1 Å². The van der Waals surface area contributed by atoms with Crippen LogP contribution in [0, 0.1) is 0 Å². The Bertz CT molecular complexity index is 1040. The van der Waals surface area contributed by atoms with Gasteiger partial charge in [0.2, 0.25) is 0 Å². The summed E-state index contributed by atoms with van der Waals surface area (Å²) in [6.07, 6.45) is 2.18. The number of hydrogen-bond donors (Lipinski definition) is 0. The summed E-state index contributed by atoms with van der Waals surface area (Å²) in [4.78, 5) is 47.8. The Hall–Kier alpha value is -4.20. The van der Waals surface area contributed by atoms with Gasteiger partial charge in [0.05, 0.1) is 13.2 Å². The van der Waals surface area contributed by atoms with Crippen LogP contribution in [0.4, 0.5) is 0 Å². The summed E-state index contributed by atoms with van der Waals surface area (Å²) in [5.74, 6) is -0.392. The van der Waals surface area contributed by atoms with E-state index in [1.54, 1.807) is 48.5 Å². The van der Waals surface area contributed by atoms with Crippen LogP contribution in [0.2, 0.25) is 0 Å². The molecule has 0 aliphatic heterocycles. The van der Waals surface area contributed by atoms with Crippen molar-refractivity contribution in [2.75, 3.05) is 26.4 Å². The molecule has 2 aromatic carbocycles. The number of ketones is 2. The predicted molar refractivity (Wildman–Crippen MR) is 143 cm³/mol. The van der Waals surface area contributed by atoms with Crippen LogP contribution < -0.4 is 9.47 Å². The lowest BCUT2D eigenvalue weighted by molar-refractivity contribution is -0.148. The Kier molecular flexibility index (Phi) is 12.5. The maximum absolute atomic E-state index is 12.1. The van der Waals surface area contributed by atoms with E-state index in [1.165, 1.54) is 0 Å². The Morgan fingerprint density at radius 2 is 0.947 bits per heavy atom. The fourth-order valence-electron chi connectivity index (χ4n) is 3.08. The van der Waals surface area contributed by atoms with Gasteiger partial charge in [-0.05, 0) is 85.4 Å². The molecular formula is C30H34O8. The number of carbonyl (C=O) groups excluding carboxylic acids is 4. The van der Waals surface area contributed by atoms with E-state index in [2.05, 4.69) is 13.2 Å². The number of allylic oxidation sites excluding steroid dienone is 2. The molecule has 0 fully saturated rings. The molecular weight excluding hydrogens is 488 g/mol. The van der Waals surface area contributed by atoms with Gasteiger partial charge in [0.25, 0.3) is 0 Å². The lowest BCUT2D eigenvalue weighted by Crippen LogP contribution is -2.17. The van der Waals surface area contributed by atoms with Crippen LogP contribution in [0.15, 0.2) is 72.8 Å². The highest BCUT2D eigenvalue weighted by Gasteiger charge is 2.11. The molecule has 0 saturated carbocycles. The van der Waals surface area contributed by atoms with Crippen LogP contribution in [-0.4, -0.2) is 49.9 Å². The van der Waals surface area contributed by atoms with E-state index in [-0.39, 0.29) is 38.0 Å². The average Bonchev–Trinajstić information content (AvgIpc) is 2.95. The van der Waals surface area contributed by atoms with Gasteiger partial charge in [-0.25, -0.2) is 9.59 Å². The summed E-state index contributed by atoms with van der Waals surface area (Å²) in [5, 5.41) is 0. The minimum Gasteiger partial charge on any atom is -0.482 e. The second-order valence-corrected chi connectivity index (χ2v) is 8.35. The first-order chi connectivity index (χ1) is 18.2. The molecule has 0 amide bonds. The quantitative estimate of drug-likeness (QED) is 0.119. The summed E-state index contributed by atoms with van der Waals surface area (Å²) in [5.41, 5.74) is 2.08. The molecule has 0 aromatic heterocycles. The zero-order valence-electron chi connectivity index (χ0n) is 22.0. The van der Waals surface area contributed by atoms with E-state index in [9.17, 15) is 19.2 Å². The molecule has 0 unspecified atom stereocenters. The largest absolute Gasteiger partial charge is 0.482 e. The molecule has 0 aliphatic carbocycles. The second-order valence-electron chi connectivity index (χ2n) is 8.35. The minimum absolute atomic E-state index is 0.116. The highest BCUT2D eigenvalue weighted by atomic mass is 16.6. The molecule has 0 heterocycles.